The Morgan fingerprint density at radius 2 is 1.79 bits per heavy atom. The number of hydrogen-bond donors (Lipinski definition) is 1. The summed E-state index contributed by atoms with van der Waals surface area (Å²) in [4.78, 5) is 24.3. The van der Waals surface area contributed by atoms with Gasteiger partial charge >= 0.3 is 5.97 Å². The monoisotopic (exact) mass is 391 g/mol. The number of para-hydroxylation sites is 2. The molecule has 0 aliphatic heterocycles. The topological polar surface area (TPSA) is 64.6 Å². The SMILES string of the molecule is CCOc1ccccc1NC(=O)[C@H](C)OC(=O)c1ccc(Br)cc1. The number of halogens is 1. The smallest absolute Gasteiger partial charge is 0.338 e. The summed E-state index contributed by atoms with van der Waals surface area (Å²) in [5.74, 6) is -0.407. The molecule has 2 rings (SSSR count). The first-order valence-corrected chi connectivity index (χ1v) is 8.29. The van der Waals surface area contributed by atoms with Crippen LogP contribution in [-0.4, -0.2) is 24.6 Å². The molecule has 0 spiro atoms. The van der Waals surface area contributed by atoms with Gasteiger partial charge in [-0.1, -0.05) is 28.1 Å². The number of ether oxygens (including phenoxy) is 2. The summed E-state index contributed by atoms with van der Waals surface area (Å²) < 4.78 is 11.5. The van der Waals surface area contributed by atoms with Crippen LogP contribution >= 0.6 is 15.9 Å². The lowest BCUT2D eigenvalue weighted by molar-refractivity contribution is -0.123. The minimum absolute atomic E-state index is 0.382. The normalized spacial score (nSPS) is 11.5. The van der Waals surface area contributed by atoms with E-state index in [0.29, 0.717) is 23.6 Å². The van der Waals surface area contributed by atoms with Crippen LogP contribution in [0.5, 0.6) is 5.75 Å². The second kappa shape index (κ2) is 8.49. The number of carbonyl (C=O) groups is 2. The summed E-state index contributed by atoms with van der Waals surface area (Å²) >= 11 is 3.30. The van der Waals surface area contributed by atoms with Gasteiger partial charge in [0.2, 0.25) is 0 Å². The van der Waals surface area contributed by atoms with Crippen molar-refractivity contribution in [2.45, 2.75) is 20.0 Å². The molecule has 24 heavy (non-hydrogen) atoms. The first-order chi connectivity index (χ1) is 11.5. The van der Waals surface area contributed by atoms with Gasteiger partial charge in [0.1, 0.15) is 5.75 Å². The average Bonchev–Trinajstić information content (AvgIpc) is 2.57. The zero-order valence-electron chi connectivity index (χ0n) is 13.4. The van der Waals surface area contributed by atoms with Gasteiger partial charge in [-0.05, 0) is 50.2 Å². The number of esters is 1. The average molecular weight is 392 g/mol. The van der Waals surface area contributed by atoms with Gasteiger partial charge in [0.05, 0.1) is 17.9 Å². The van der Waals surface area contributed by atoms with Crippen LogP contribution in [0.1, 0.15) is 24.2 Å². The minimum Gasteiger partial charge on any atom is -0.492 e. The third-order valence-corrected chi connectivity index (χ3v) is 3.71. The summed E-state index contributed by atoms with van der Waals surface area (Å²) in [5.41, 5.74) is 0.920. The van der Waals surface area contributed by atoms with Crippen LogP contribution in [0.3, 0.4) is 0 Å². The standard InChI is InChI=1S/C18H18BrNO4/c1-3-23-16-7-5-4-6-15(16)20-17(21)12(2)24-18(22)13-8-10-14(19)11-9-13/h4-12H,3H2,1-2H3,(H,20,21)/t12-/m0/s1. The van der Waals surface area contributed by atoms with Gasteiger partial charge in [0, 0.05) is 4.47 Å². The Balaban J connectivity index is 1.99. The third kappa shape index (κ3) is 4.83. The maximum Gasteiger partial charge on any atom is 0.338 e. The molecule has 0 bridgehead atoms. The van der Waals surface area contributed by atoms with Gasteiger partial charge in [0.25, 0.3) is 5.91 Å². The molecule has 6 heteroatoms. The molecule has 0 heterocycles. The highest BCUT2D eigenvalue weighted by molar-refractivity contribution is 9.10. The number of benzene rings is 2. The van der Waals surface area contributed by atoms with Crippen molar-refractivity contribution < 1.29 is 19.1 Å². The summed E-state index contributed by atoms with van der Waals surface area (Å²) in [7, 11) is 0. The molecular formula is C18H18BrNO4. The second-order valence-electron chi connectivity index (χ2n) is 4.97. The number of rotatable bonds is 6. The fraction of sp³-hybridized carbons (Fsp3) is 0.222. The molecule has 126 valence electrons. The van der Waals surface area contributed by atoms with Crippen molar-refractivity contribution in [2.24, 2.45) is 0 Å². The van der Waals surface area contributed by atoms with Gasteiger partial charge in [0.15, 0.2) is 6.10 Å². The van der Waals surface area contributed by atoms with Crippen molar-refractivity contribution in [1.82, 2.24) is 0 Å². The van der Waals surface area contributed by atoms with Crippen molar-refractivity contribution in [3.63, 3.8) is 0 Å². The summed E-state index contributed by atoms with van der Waals surface area (Å²) in [6, 6.07) is 13.8. The van der Waals surface area contributed by atoms with E-state index in [1.54, 1.807) is 42.5 Å². The number of amides is 1. The maximum absolute atomic E-state index is 12.2. The van der Waals surface area contributed by atoms with Gasteiger partial charge in [-0.25, -0.2) is 4.79 Å². The van der Waals surface area contributed by atoms with Crippen molar-refractivity contribution >= 4 is 33.5 Å². The van der Waals surface area contributed by atoms with E-state index in [9.17, 15) is 9.59 Å². The lowest BCUT2D eigenvalue weighted by atomic mass is 10.2. The molecule has 0 aromatic heterocycles. The van der Waals surface area contributed by atoms with E-state index < -0.39 is 18.0 Å². The summed E-state index contributed by atoms with van der Waals surface area (Å²) in [6.45, 7) is 3.87. The second-order valence-corrected chi connectivity index (χ2v) is 5.89. The Morgan fingerprint density at radius 3 is 2.46 bits per heavy atom. The third-order valence-electron chi connectivity index (χ3n) is 3.18. The number of nitrogens with one attached hydrogen (secondary N) is 1. The van der Waals surface area contributed by atoms with E-state index in [0.717, 1.165) is 4.47 Å². The van der Waals surface area contributed by atoms with Gasteiger partial charge in [-0.15, -0.1) is 0 Å². The molecule has 1 atom stereocenters. The highest BCUT2D eigenvalue weighted by atomic mass is 79.9. The molecule has 5 nitrogen and oxygen atoms in total. The van der Waals surface area contributed by atoms with Crippen molar-refractivity contribution in [3.05, 3.63) is 58.6 Å². The Morgan fingerprint density at radius 1 is 1.12 bits per heavy atom. The van der Waals surface area contributed by atoms with Gasteiger partial charge < -0.3 is 14.8 Å². The van der Waals surface area contributed by atoms with Crippen LogP contribution in [0, 0.1) is 0 Å². The predicted octanol–water partition coefficient (Wildman–Crippen LogP) is 4.03. The minimum atomic E-state index is -0.934. The van der Waals surface area contributed by atoms with Crippen LogP contribution in [0.2, 0.25) is 0 Å². The fourth-order valence-electron chi connectivity index (χ4n) is 1.95. The summed E-state index contributed by atoms with van der Waals surface area (Å²) in [5, 5.41) is 2.71. The molecule has 0 unspecified atom stereocenters. The molecule has 1 N–H and O–H groups in total. The Hall–Kier alpha value is -2.34. The van der Waals surface area contributed by atoms with Crippen LogP contribution in [-0.2, 0) is 9.53 Å². The number of carbonyl (C=O) groups excluding carboxylic acids is 2. The number of hydrogen-bond acceptors (Lipinski definition) is 4. The Bertz CT molecular complexity index is 715. The number of anilines is 1. The van der Waals surface area contributed by atoms with E-state index in [1.807, 2.05) is 13.0 Å². The van der Waals surface area contributed by atoms with E-state index in [2.05, 4.69) is 21.2 Å². The van der Waals surface area contributed by atoms with Crippen molar-refractivity contribution in [2.75, 3.05) is 11.9 Å². The van der Waals surface area contributed by atoms with Gasteiger partial charge in [-0.3, -0.25) is 4.79 Å². The van der Waals surface area contributed by atoms with Gasteiger partial charge in [-0.2, -0.15) is 0 Å². The lowest BCUT2D eigenvalue weighted by Crippen LogP contribution is -2.30. The first-order valence-electron chi connectivity index (χ1n) is 7.50. The molecule has 0 aliphatic rings. The van der Waals surface area contributed by atoms with Crippen molar-refractivity contribution in [1.29, 1.82) is 0 Å². The predicted molar refractivity (Wildman–Crippen MR) is 95.3 cm³/mol. The van der Waals surface area contributed by atoms with Crippen LogP contribution < -0.4 is 10.1 Å². The van der Waals surface area contributed by atoms with E-state index >= 15 is 0 Å². The largest absolute Gasteiger partial charge is 0.492 e. The highest BCUT2D eigenvalue weighted by Crippen LogP contribution is 2.24. The zero-order valence-corrected chi connectivity index (χ0v) is 15.0. The molecule has 0 saturated carbocycles. The van der Waals surface area contributed by atoms with E-state index in [1.165, 1.54) is 6.92 Å². The maximum atomic E-state index is 12.2. The Labute approximate surface area is 149 Å². The molecule has 2 aromatic carbocycles. The lowest BCUT2D eigenvalue weighted by Gasteiger charge is -2.15. The fourth-order valence-corrected chi connectivity index (χ4v) is 2.22. The summed E-state index contributed by atoms with van der Waals surface area (Å²) in [6.07, 6.45) is -0.934. The molecule has 0 saturated heterocycles. The molecule has 2 aromatic rings. The molecule has 0 aliphatic carbocycles. The van der Waals surface area contributed by atoms with Crippen molar-refractivity contribution in [3.8, 4) is 5.75 Å². The van der Waals surface area contributed by atoms with E-state index in [-0.39, 0.29) is 0 Å². The van der Waals surface area contributed by atoms with Crippen LogP contribution in [0.15, 0.2) is 53.0 Å². The van der Waals surface area contributed by atoms with Crippen LogP contribution in [0.4, 0.5) is 5.69 Å². The zero-order chi connectivity index (χ0) is 17.5. The first kappa shape index (κ1) is 18.0. The Kier molecular flexibility index (Phi) is 6.37. The quantitative estimate of drug-likeness (QED) is 0.754. The van der Waals surface area contributed by atoms with E-state index in [4.69, 9.17) is 9.47 Å². The molecule has 1 amide bonds. The molecule has 0 radical (unpaired) electrons. The molecule has 0 fully saturated rings. The highest BCUT2D eigenvalue weighted by Gasteiger charge is 2.20. The molecular weight excluding hydrogens is 374 g/mol. The van der Waals surface area contributed by atoms with Crippen LogP contribution in [0.25, 0.3) is 0 Å².